The maximum absolute atomic E-state index is 11.7. The highest BCUT2D eigenvalue weighted by Crippen LogP contribution is 2.10. The minimum absolute atomic E-state index is 0. The van der Waals surface area contributed by atoms with Crippen molar-refractivity contribution >= 4 is 16.9 Å². The van der Waals surface area contributed by atoms with E-state index in [1.165, 1.54) is 11.8 Å². The van der Waals surface area contributed by atoms with Gasteiger partial charge in [-0.15, -0.1) is 0 Å². The zero-order chi connectivity index (χ0) is 14.9. The Labute approximate surface area is 144 Å². The fourth-order valence-electron chi connectivity index (χ4n) is 1.75. The van der Waals surface area contributed by atoms with Gasteiger partial charge in [-0.3, -0.25) is 4.79 Å². The second kappa shape index (κ2) is 10.3. The molecule has 2 heterocycles. The summed E-state index contributed by atoms with van der Waals surface area (Å²) in [5.41, 5.74) is 0.861. The molecule has 2 rings (SSSR count). The van der Waals surface area contributed by atoms with Crippen LogP contribution in [0.15, 0.2) is 30.7 Å². The molecule has 2 aromatic heterocycles. The average molecular weight is 387 g/mol. The molecular formula is C14H19BrN4O2S. The third-order valence-corrected chi connectivity index (χ3v) is 3.63. The first-order valence-electron chi connectivity index (χ1n) is 6.90. The second-order valence-corrected chi connectivity index (χ2v) is 5.64. The predicted octanol–water partition coefficient (Wildman–Crippen LogP) is -1.61. The normalized spacial score (nSPS) is 10.0. The molecule has 6 nitrogen and oxygen atoms in total. The maximum atomic E-state index is 11.7. The maximum Gasteiger partial charge on any atom is 0.226 e. The van der Waals surface area contributed by atoms with E-state index in [0.717, 1.165) is 25.1 Å². The van der Waals surface area contributed by atoms with E-state index < -0.39 is 0 Å². The molecule has 0 spiro atoms. The van der Waals surface area contributed by atoms with Crippen molar-refractivity contribution in [3.63, 3.8) is 0 Å². The molecule has 0 aliphatic heterocycles. The number of nitrogens with one attached hydrogen (secondary N) is 1. The second-order valence-electron chi connectivity index (χ2n) is 4.49. The first-order chi connectivity index (χ1) is 10.3. The van der Waals surface area contributed by atoms with Crippen LogP contribution in [-0.4, -0.2) is 32.9 Å². The zero-order valence-electron chi connectivity index (χ0n) is 12.4. The number of pyridine rings is 1. The summed E-state index contributed by atoms with van der Waals surface area (Å²) in [7, 11) is 0. The Morgan fingerprint density at radius 3 is 2.82 bits per heavy atom. The van der Waals surface area contributed by atoms with Gasteiger partial charge in [0.15, 0.2) is 19.0 Å². The lowest BCUT2D eigenvalue weighted by atomic mass is 10.4. The van der Waals surface area contributed by atoms with E-state index in [1.807, 2.05) is 24.5 Å². The SMILES string of the molecule is CCC[n+]1ccc(OCC(=O)SCCc2cn[nH]n2)cc1.[Br-]. The van der Waals surface area contributed by atoms with Crippen LogP contribution in [0.25, 0.3) is 0 Å². The van der Waals surface area contributed by atoms with Gasteiger partial charge in [-0.25, -0.2) is 4.57 Å². The number of carbonyl (C=O) groups excluding carboxylic acids is 1. The smallest absolute Gasteiger partial charge is 0.226 e. The third-order valence-electron chi connectivity index (χ3n) is 2.79. The topological polar surface area (TPSA) is 71.8 Å². The largest absolute Gasteiger partial charge is 1.00 e. The molecule has 22 heavy (non-hydrogen) atoms. The molecule has 0 unspecified atom stereocenters. The molecule has 0 aliphatic rings. The van der Waals surface area contributed by atoms with E-state index in [-0.39, 0.29) is 28.7 Å². The number of aromatic amines is 1. The molecule has 2 aromatic rings. The van der Waals surface area contributed by atoms with Gasteiger partial charge in [0.2, 0.25) is 5.12 Å². The van der Waals surface area contributed by atoms with Gasteiger partial charge >= 0.3 is 0 Å². The number of hydrogen-bond acceptors (Lipinski definition) is 5. The number of ether oxygens (including phenoxy) is 1. The molecule has 0 fully saturated rings. The fraction of sp³-hybridized carbons (Fsp3) is 0.429. The Hall–Kier alpha value is -1.41. The van der Waals surface area contributed by atoms with E-state index in [0.29, 0.717) is 11.5 Å². The monoisotopic (exact) mass is 386 g/mol. The van der Waals surface area contributed by atoms with Crippen LogP contribution in [0.4, 0.5) is 0 Å². The number of H-pyrrole nitrogens is 1. The van der Waals surface area contributed by atoms with Gasteiger partial charge in [-0.2, -0.15) is 15.4 Å². The summed E-state index contributed by atoms with van der Waals surface area (Å²) in [6, 6.07) is 3.76. The van der Waals surface area contributed by atoms with Crippen LogP contribution in [-0.2, 0) is 17.8 Å². The summed E-state index contributed by atoms with van der Waals surface area (Å²) >= 11 is 1.25. The fourth-order valence-corrected chi connectivity index (χ4v) is 2.43. The van der Waals surface area contributed by atoms with Crippen molar-refractivity contribution in [2.75, 3.05) is 12.4 Å². The van der Waals surface area contributed by atoms with Crippen LogP contribution < -0.4 is 26.3 Å². The highest BCUT2D eigenvalue weighted by molar-refractivity contribution is 8.13. The van der Waals surface area contributed by atoms with Crippen molar-refractivity contribution in [1.29, 1.82) is 0 Å². The van der Waals surface area contributed by atoms with E-state index in [4.69, 9.17) is 4.74 Å². The number of carbonyl (C=O) groups is 1. The van der Waals surface area contributed by atoms with E-state index in [1.54, 1.807) is 6.20 Å². The lowest BCUT2D eigenvalue weighted by molar-refractivity contribution is -0.697. The van der Waals surface area contributed by atoms with Crippen molar-refractivity contribution in [3.8, 4) is 5.75 Å². The zero-order valence-corrected chi connectivity index (χ0v) is 14.8. The van der Waals surface area contributed by atoms with Crippen molar-refractivity contribution in [2.45, 2.75) is 26.3 Å². The third kappa shape index (κ3) is 6.57. The number of nitrogens with zero attached hydrogens (tertiary/aromatic N) is 3. The molecule has 8 heteroatoms. The van der Waals surface area contributed by atoms with Crippen LogP contribution in [0.5, 0.6) is 5.75 Å². The lowest BCUT2D eigenvalue weighted by Gasteiger charge is -2.04. The van der Waals surface area contributed by atoms with Gasteiger partial charge in [0, 0.05) is 30.7 Å². The molecule has 0 bridgehead atoms. The molecule has 0 amide bonds. The van der Waals surface area contributed by atoms with Crippen LogP contribution >= 0.6 is 11.8 Å². The van der Waals surface area contributed by atoms with Crippen molar-refractivity contribution in [2.24, 2.45) is 0 Å². The Kier molecular flexibility index (Phi) is 8.76. The number of hydrogen-bond donors (Lipinski definition) is 1. The molecule has 0 aromatic carbocycles. The summed E-state index contributed by atoms with van der Waals surface area (Å²) in [6.45, 7) is 3.20. The predicted molar refractivity (Wildman–Crippen MR) is 80.0 cm³/mol. The van der Waals surface area contributed by atoms with Gasteiger partial charge in [0.1, 0.15) is 12.3 Å². The number of thioether (sulfide) groups is 1. The summed E-state index contributed by atoms with van der Waals surface area (Å²) < 4.78 is 7.56. The van der Waals surface area contributed by atoms with Gasteiger partial charge in [-0.1, -0.05) is 18.7 Å². The van der Waals surface area contributed by atoms with E-state index in [2.05, 4.69) is 26.9 Å². The van der Waals surface area contributed by atoms with Crippen molar-refractivity contribution < 1.29 is 31.1 Å². The molecule has 0 saturated carbocycles. The molecule has 120 valence electrons. The Bertz CT molecular complexity index is 548. The summed E-state index contributed by atoms with van der Waals surface area (Å²) in [5, 5.41) is 10.2. The van der Waals surface area contributed by atoms with Crippen molar-refractivity contribution in [3.05, 3.63) is 36.4 Å². The minimum atomic E-state index is 0. The number of rotatable bonds is 8. The molecule has 1 N–H and O–H groups in total. The minimum Gasteiger partial charge on any atom is -1.00 e. The molecule has 0 saturated heterocycles. The first-order valence-corrected chi connectivity index (χ1v) is 7.88. The van der Waals surface area contributed by atoms with Crippen LogP contribution in [0.1, 0.15) is 19.0 Å². The van der Waals surface area contributed by atoms with E-state index in [9.17, 15) is 4.79 Å². The molecule has 0 aliphatic carbocycles. The van der Waals surface area contributed by atoms with Crippen molar-refractivity contribution in [1.82, 2.24) is 15.4 Å². The Morgan fingerprint density at radius 1 is 1.41 bits per heavy atom. The first kappa shape index (κ1) is 18.6. The quantitative estimate of drug-likeness (QED) is 0.552. The summed E-state index contributed by atoms with van der Waals surface area (Å²) in [4.78, 5) is 11.7. The summed E-state index contributed by atoms with van der Waals surface area (Å²) in [5.74, 6) is 1.40. The molecule has 0 atom stereocenters. The van der Waals surface area contributed by atoms with Gasteiger partial charge in [-0.05, 0) is 0 Å². The lowest BCUT2D eigenvalue weighted by Crippen LogP contribution is -3.00. The van der Waals surface area contributed by atoms with Crippen LogP contribution in [0, 0.1) is 0 Å². The van der Waals surface area contributed by atoms with E-state index >= 15 is 0 Å². The number of aromatic nitrogens is 4. The average Bonchev–Trinajstić information content (AvgIpc) is 3.00. The molecular weight excluding hydrogens is 368 g/mol. The highest BCUT2D eigenvalue weighted by Gasteiger charge is 2.06. The summed E-state index contributed by atoms with van der Waals surface area (Å²) in [6.07, 6.45) is 7.39. The number of aryl methyl sites for hydroxylation is 2. The van der Waals surface area contributed by atoms with Gasteiger partial charge in [0.25, 0.3) is 0 Å². The van der Waals surface area contributed by atoms with Crippen LogP contribution in [0.2, 0.25) is 0 Å². The van der Waals surface area contributed by atoms with Crippen LogP contribution in [0.3, 0.4) is 0 Å². The highest BCUT2D eigenvalue weighted by atomic mass is 79.9. The Morgan fingerprint density at radius 2 is 2.18 bits per heavy atom. The molecule has 0 radical (unpaired) electrons. The Balaban J connectivity index is 0.00000242. The van der Waals surface area contributed by atoms with Gasteiger partial charge in [0.05, 0.1) is 11.9 Å². The number of halogens is 1. The van der Waals surface area contributed by atoms with Gasteiger partial charge < -0.3 is 21.7 Å². The standard InChI is InChI=1S/C14H19N4O2S.BrH/c1-2-6-18-7-3-13(4-8-18)20-11-14(19)21-9-5-12-10-15-17-16-12;/h3-4,7-8,10H,2,5-6,9,11H2,1H3,(H,15,16,17);1H/q+1;/p-1.